The Bertz CT molecular complexity index is 649. The molecule has 1 amide bonds. The van der Waals surface area contributed by atoms with Crippen LogP contribution in [0.4, 0.5) is 11.5 Å². The summed E-state index contributed by atoms with van der Waals surface area (Å²) in [4.78, 5) is 20.4. The minimum atomic E-state index is -0.227. The zero-order valence-electron chi connectivity index (χ0n) is 13.1. The molecule has 1 aromatic heterocycles. The maximum Gasteiger partial charge on any atom is 0.271 e. The first-order valence-corrected chi connectivity index (χ1v) is 7.76. The van der Waals surface area contributed by atoms with Gasteiger partial charge < -0.3 is 15.4 Å². The molecule has 2 heterocycles. The molecule has 0 radical (unpaired) electrons. The minimum Gasteiger partial charge on any atom is -0.376 e. The lowest BCUT2D eigenvalue weighted by Gasteiger charge is -2.10. The van der Waals surface area contributed by atoms with Crippen molar-refractivity contribution in [3.8, 4) is 0 Å². The molecule has 0 bridgehead atoms. The summed E-state index contributed by atoms with van der Waals surface area (Å²) in [6.45, 7) is 3.33. The Balaban J connectivity index is 1.55. The number of carbonyl (C=O) groups is 1. The third-order valence-electron chi connectivity index (χ3n) is 3.72. The van der Waals surface area contributed by atoms with Gasteiger partial charge in [0.15, 0.2) is 0 Å². The smallest absolute Gasteiger partial charge is 0.271 e. The predicted molar refractivity (Wildman–Crippen MR) is 87.8 cm³/mol. The van der Waals surface area contributed by atoms with Crippen molar-refractivity contribution >= 4 is 17.4 Å². The third kappa shape index (κ3) is 4.26. The van der Waals surface area contributed by atoms with Crippen molar-refractivity contribution < 1.29 is 9.53 Å². The van der Waals surface area contributed by atoms with Gasteiger partial charge in [0.2, 0.25) is 0 Å². The Morgan fingerprint density at radius 3 is 2.74 bits per heavy atom. The number of benzene rings is 1. The molecule has 2 N–H and O–H groups in total. The first-order chi connectivity index (χ1) is 11.2. The molecule has 1 fully saturated rings. The molecule has 1 aliphatic heterocycles. The fraction of sp³-hybridized carbons (Fsp3) is 0.353. The summed E-state index contributed by atoms with van der Waals surface area (Å²) >= 11 is 0. The van der Waals surface area contributed by atoms with E-state index in [0.717, 1.165) is 25.1 Å². The number of amides is 1. The lowest BCUT2D eigenvalue weighted by atomic mass is 10.2. The van der Waals surface area contributed by atoms with Gasteiger partial charge in [0, 0.05) is 18.8 Å². The molecule has 23 heavy (non-hydrogen) atoms. The molecule has 0 saturated carbocycles. The van der Waals surface area contributed by atoms with E-state index in [1.165, 1.54) is 11.8 Å². The van der Waals surface area contributed by atoms with Gasteiger partial charge >= 0.3 is 0 Å². The van der Waals surface area contributed by atoms with Crippen LogP contribution in [0.15, 0.2) is 36.7 Å². The van der Waals surface area contributed by atoms with E-state index in [0.29, 0.717) is 18.1 Å². The standard InChI is InChI=1S/C17H20N4O2/c1-12-4-6-13(7-5-12)21-16-11-18-15(10-19-16)17(22)20-9-14-3-2-8-23-14/h4-7,10-11,14H,2-3,8-9H2,1H3,(H,19,21)(H,20,22). The molecule has 0 aliphatic carbocycles. The Labute approximate surface area is 135 Å². The predicted octanol–water partition coefficient (Wildman–Crippen LogP) is 2.44. The van der Waals surface area contributed by atoms with E-state index in [1.54, 1.807) is 6.20 Å². The van der Waals surface area contributed by atoms with Gasteiger partial charge in [-0.25, -0.2) is 9.97 Å². The Hall–Kier alpha value is -2.47. The topological polar surface area (TPSA) is 76.1 Å². The van der Waals surface area contributed by atoms with Crippen LogP contribution in [0.1, 0.15) is 28.9 Å². The summed E-state index contributed by atoms with van der Waals surface area (Å²) in [7, 11) is 0. The van der Waals surface area contributed by atoms with Gasteiger partial charge in [-0.1, -0.05) is 17.7 Å². The second-order valence-electron chi connectivity index (χ2n) is 5.62. The molecule has 1 saturated heterocycles. The number of ether oxygens (including phenoxy) is 1. The second kappa shape index (κ2) is 7.19. The van der Waals surface area contributed by atoms with Crippen molar-refractivity contribution in [2.24, 2.45) is 0 Å². The number of aryl methyl sites for hydroxylation is 1. The van der Waals surface area contributed by atoms with Gasteiger partial charge in [-0.05, 0) is 31.9 Å². The lowest BCUT2D eigenvalue weighted by molar-refractivity contribution is 0.0853. The van der Waals surface area contributed by atoms with Crippen molar-refractivity contribution in [2.45, 2.75) is 25.9 Å². The molecule has 0 spiro atoms. The summed E-state index contributed by atoms with van der Waals surface area (Å²) in [5.41, 5.74) is 2.43. The summed E-state index contributed by atoms with van der Waals surface area (Å²) in [5, 5.41) is 5.98. The molecule has 1 aliphatic rings. The van der Waals surface area contributed by atoms with Crippen molar-refractivity contribution in [2.75, 3.05) is 18.5 Å². The number of anilines is 2. The molecule has 1 aromatic carbocycles. The minimum absolute atomic E-state index is 0.120. The molecule has 1 atom stereocenters. The maximum absolute atomic E-state index is 12.0. The first kappa shape index (κ1) is 15.4. The van der Waals surface area contributed by atoms with E-state index >= 15 is 0 Å². The van der Waals surface area contributed by atoms with E-state index in [2.05, 4.69) is 20.6 Å². The quantitative estimate of drug-likeness (QED) is 0.887. The van der Waals surface area contributed by atoms with Crippen LogP contribution in [-0.2, 0) is 4.74 Å². The molecular weight excluding hydrogens is 292 g/mol. The van der Waals surface area contributed by atoms with Gasteiger partial charge in [-0.2, -0.15) is 0 Å². The first-order valence-electron chi connectivity index (χ1n) is 7.76. The molecule has 120 valence electrons. The molecule has 2 aromatic rings. The monoisotopic (exact) mass is 312 g/mol. The van der Waals surface area contributed by atoms with Crippen LogP contribution in [0, 0.1) is 6.92 Å². The number of carbonyl (C=O) groups excluding carboxylic acids is 1. The summed E-state index contributed by atoms with van der Waals surface area (Å²) in [5.74, 6) is 0.374. The van der Waals surface area contributed by atoms with Gasteiger partial charge in [-0.15, -0.1) is 0 Å². The zero-order valence-corrected chi connectivity index (χ0v) is 13.1. The van der Waals surface area contributed by atoms with Crippen molar-refractivity contribution in [3.05, 3.63) is 47.9 Å². The van der Waals surface area contributed by atoms with E-state index in [1.807, 2.05) is 31.2 Å². The average molecular weight is 312 g/mol. The Kier molecular flexibility index (Phi) is 4.83. The molecule has 3 rings (SSSR count). The van der Waals surface area contributed by atoms with Gasteiger partial charge in [0.05, 0.1) is 18.5 Å². The van der Waals surface area contributed by atoms with Crippen LogP contribution >= 0.6 is 0 Å². The lowest BCUT2D eigenvalue weighted by Crippen LogP contribution is -2.32. The fourth-order valence-electron chi connectivity index (χ4n) is 2.40. The number of nitrogens with one attached hydrogen (secondary N) is 2. The Morgan fingerprint density at radius 2 is 2.09 bits per heavy atom. The average Bonchev–Trinajstić information content (AvgIpc) is 3.09. The van der Waals surface area contributed by atoms with E-state index in [4.69, 9.17) is 4.74 Å². The van der Waals surface area contributed by atoms with Crippen LogP contribution in [0.25, 0.3) is 0 Å². The highest BCUT2D eigenvalue weighted by Gasteiger charge is 2.17. The van der Waals surface area contributed by atoms with Crippen molar-refractivity contribution in [1.29, 1.82) is 0 Å². The van der Waals surface area contributed by atoms with Crippen molar-refractivity contribution in [1.82, 2.24) is 15.3 Å². The van der Waals surface area contributed by atoms with Crippen LogP contribution in [0.2, 0.25) is 0 Å². The van der Waals surface area contributed by atoms with Crippen LogP contribution in [0.3, 0.4) is 0 Å². The zero-order chi connectivity index (χ0) is 16.1. The highest BCUT2D eigenvalue weighted by molar-refractivity contribution is 5.92. The number of nitrogens with zero attached hydrogens (tertiary/aromatic N) is 2. The largest absolute Gasteiger partial charge is 0.376 e. The van der Waals surface area contributed by atoms with Crippen LogP contribution in [0.5, 0.6) is 0 Å². The highest BCUT2D eigenvalue weighted by Crippen LogP contribution is 2.14. The fourth-order valence-corrected chi connectivity index (χ4v) is 2.40. The van der Waals surface area contributed by atoms with Crippen LogP contribution < -0.4 is 10.6 Å². The number of rotatable bonds is 5. The van der Waals surface area contributed by atoms with Gasteiger partial charge in [0.25, 0.3) is 5.91 Å². The summed E-state index contributed by atoms with van der Waals surface area (Å²) in [6, 6.07) is 7.98. The Morgan fingerprint density at radius 1 is 1.26 bits per heavy atom. The second-order valence-corrected chi connectivity index (χ2v) is 5.62. The molecular formula is C17H20N4O2. The van der Waals surface area contributed by atoms with E-state index in [-0.39, 0.29) is 12.0 Å². The molecule has 6 heteroatoms. The number of aromatic nitrogens is 2. The summed E-state index contributed by atoms with van der Waals surface area (Å²) in [6.07, 6.45) is 5.20. The van der Waals surface area contributed by atoms with E-state index < -0.39 is 0 Å². The van der Waals surface area contributed by atoms with Crippen LogP contribution in [-0.4, -0.2) is 35.1 Å². The molecule has 1 unspecified atom stereocenters. The third-order valence-corrected chi connectivity index (χ3v) is 3.72. The SMILES string of the molecule is Cc1ccc(Nc2cnc(C(=O)NCC3CCCO3)cn2)cc1. The normalized spacial score (nSPS) is 17.0. The van der Waals surface area contributed by atoms with Gasteiger partial charge in [0.1, 0.15) is 11.5 Å². The summed E-state index contributed by atoms with van der Waals surface area (Å²) < 4.78 is 5.47. The number of hydrogen-bond acceptors (Lipinski definition) is 5. The number of hydrogen-bond donors (Lipinski definition) is 2. The van der Waals surface area contributed by atoms with Crippen molar-refractivity contribution in [3.63, 3.8) is 0 Å². The molecule has 6 nitrogen and oxygen atoms in total. The van der Waals surface area contributed by atoms with Gasteiger partial charge in [-0.3, -0.25) is 4.79 Å². The highest BCUT2D eigenvalue weighted by atomic mass is 16.5. The maximum atomic E-state index is 12.0. The van der Waals surface area contributed by atoms with E-state index in [9.17, 15) is 4.79 Å².